The number of hydrogen-bond donors (Lipinski definition) is 0. The Labute approximate surface area is 142 Å². The van der Waals surface area contributed by atoms with Crippen molar-refractivity contribution in [3.63, 3.8) is 0 Å². The Morgan fingerprint density at radius 2 is 2.29 bits per heavy atom. The normalized spacial score (nSPS) is 18.1. The third kappa shape index (κ3) is 3.38. The standard InChI is InChI=1S/C18H25N3O3/c1-13-11-16(14(2)24-13)18(22)21-7-4-5-15(12-21)17-19-6-8-20(17)9-10-23-3/h6,8,11,15H,4-5,7,9-10,12H2,1-3H3/t15-/m0/s1. The van der Waals surface area contributed by atoms with Crippen LogP contribution < -0.4 is 0 Å². The maximum absolute atomic E-state index is 12.8. The lowest BCUT2D eigenvalue weighted by Crippen LogP contribution is -2.40. The second-order valence-corrected chi connectivity index (χ2v) is 6.39. The molecule has 1 fully saturated rings. The van der Waals surface area contributed by atoms with Crippen LogP contribution in [-0.2, 0) is 11.3 Å². The van der Waals surface area contributed by atoms with Crippen LogP contribution in [0.4, 0.5) is 0 Å². The fourth-order valence-electron chi connectivity index (χ4n) is 3.45. The van der Waals surface area contributed by atoms with E-state index in [2.05, 4.69) is 9.55 Å². The van der Waals surface area contributed by atoms with Crippen molar-refractivity contribution in [1.82, 2.24) is 14.5 Å². The minimum Gasteiger partial charge on any atom is -0.466 e. The van der Waals surface area contributed by atoms with Gasteiger partial charge in [-0.3, -0.25) is 4.79 Å². The molecule has 0 radical (unpaired) electrons. The number of rotatable bonds is 5. The summed E-state index contributed by atoms with van der Waals surface area (Å²) in [4.78, 5) is 19.3. The molecule has 0 N–H and O–H groups in total. The Kier molecular flexibility index (Phi) is 5.04. The molecule has 2 aromatic heterocycles. The summed E-state index contributed by atoms with van der Waals surface area (Å²) in [6.07, 6.45) is 5.86. The zero-order valence-electron chi connectivity index (χ0n) is 14.6. The van der Waals surface area contributed by atoms with Gasteiger partial charge < -0.3 is 18.6 Å². The molecule has 2 aromatic rings. The summed E-state index contributed by atoms with van der Waals surface area (Å²) in [6.45, 7) is 6.65. The summed E-state index contributed by atoms with van der Waals surface area (Å²) >= 11 is 0. The highest BCUT2D eigenvalue weighted by Gasteiger charge is 2.29. The Hall–Kier alpha value is -2.08. The van der Waals surface area contributed by atoms with E-state index in [0.29, 0.717) is 24.5 Å². The predicted molar refractivity (Wildman–Crippen MR) is 90.2 cm³/mol. The van der Waals surface area contributed by atoms with Crippen molar-refractivity contribution >= 4 is 5.91 Å². The molecule has 3 heterocycles. The Morgan fingerprint density at radius 1 is 1.46 bits per heavy atom. The fraction of sp³-hybridized carbons (Fsp3) is 0.556. The zero-order valence-corrected chi connectivity index (χ0v) is 14.6. The summed E-state index contributed by atoms with van der Waals surface area (Å²) in [5.41, 5.74) is 0.677. The molecule has 0 unspecified atom stereocenters. The highest BCUT2D eigenvalue weighted by Crippen LogP contribution is 2.27. The van der Waals surface area contributed by atoms with Crippen molar-refractivity contribution in [2.75, 3.05) is 26.8 Å². The van der Waals surface area contributed by atoms with Crippen LogP contribution in [0.3, 0.4) is 0 Å². The zero-order chi connectivity index (χ0) is 17.1. The molecule has 3 rings (SSSR count). The topological polar surface area (TPSA) is 60.5 Å². The molecular weight excluding hydrogens is 306 g/mol. The number of methoxy groups -OCH3 is 1. The first-order valence-electron chi connectivity index (χ1n) is 8.46. The molecule has 6 nitrogen and oxygen atoms in total. The van der Waals surface area contributed by atoms with Crippen LogP contribution in [0, 0.1) is 13.8 Å². The summed E-state index contributed by atoms with van der Waals surface area (Å²) in [6, 6.07) is 1.83. The highest BCUT2D eigenvalue weighted by molar-refractivity contribution is 5.95. The van der Waals surface area contributed by atoms with E-state index < -0.39 is 0 Å². The van der Waals surface area contributed by atoms with E-state index in [1.54, 1.807) is 7.11 Å². The van der Waals surface area contributed by atoms with Crippen molar-refractivity contribution in [2.24, 2.45) is 0 Å². The number of imidazole rings is 1. The van der Waals surface area contributed by atoms with Gasteiger partial charge in [-0.1, -0.05) is 0 Å². The highest BCUT2D eigenvalue weighted by atomic mass is 16.5. The van der Waals surface area contributed by atoms with E-state index in [1.165, 1.54) is 0 Å². The lowest BCUT2D eigenvalue weighted by molar-refractivity contribution is 0.0700. The Balaban J connectivity index is 1.74. The van der Waals surface area contributed by atoms with Gasteiger partial charge in [0.15, 0.2) is 0 Å². The summed E-state index contributed by atoms with van der Waals surface area (Å²) in [5, 5.41) is 0. The minimum absolute atomic E-state index is 0.0593. The third-order valence-electron chi connectivity index (χ3n) is 4.63. The van der Waals surface area contributed by atoms with Crippen LogP contribution in [-0.4, -0.2) is 47.2 Å². The molecule has 130 valence electrons. The molecule has 1 amide bonds. The van der Waals surface area contributed by atoms with Gasteiger partial charge in [-0.2, -0.15) is 0 Å². The number of nitrogens with zero attached hydrogens (tertiary/aromatic N) is 3. The van der Waals surface area contributed by atoms with Crippen molar-refractivity contribution < 1.29 is 13.9 Å². The fourth-order valence-corrected chi connectivity index (χ4v) is 3.45. The van der Waals surface area contributed by atoms with Crippen LogP contribution in [0.2, 0.25) is 0 Å². The molecule has 1 aliphatic rings. The Bertz CT molecular complexity index is 704. The monoisotopic (exact) mass is 331 g/mol. The van der Waals surface area contributed by atoms with Crippen LogP contribution in [0.1, 0.15) is 46.5 Å². The van der Waals surface area contributed by atoms with Crippen LogP contribution in [0.15, 0.2) is 22.9 Å². The number of carbonyl (C=O) groups is 1. The SMILES string of the molecule is COCCn1ccnc1[C@H]1CCCN(C(=O)c2cc(C)oc2C)C1. The maximum Gasteiger partial charge on any atom is 0.257 e. The van der Waals surface area contributed by atoms with Gasteiger partial charge in [-0.25, -0.2) is 4.98 Å². The number of amides is 1. The average Bonchev–Trinajstić information content (AvgIpc) is 3.18. The van der Waals surface area contributed by atoms with Gasteiger partial charge in [0.2, 0.25) is 0 Å². The molecule has 1 atom stereocenters. The largest absolute Gasteiger partial charge is 0.466 e. The number of likely N-dealkylation sites (tertiary alicyclic amines) is 1. The van der Waals surface area contributed by atoms with Gasteiger partial charge in [0.05, 0.1) is 12.2 Å². The van der Waals surface area contributed by atoms with Gasteiger partial charge in [-0.05, 0) is 32.8 Å². The van der Waals surface area contributed by atoms with E-state index in [4.69, 9.17) is 9.15 Å². The quantitative estimate of drug-likeness (QED) is 0.845. The van der Waals surface area contributed by atoms with E-state index in [-0.39, 0.29) is 11.8 Å². The van der Waals surface area contributed by atoms with Gasteiger partial charge in [0.25, 0.3) is 5.91 Å². The molecular formula is C18H25N3O3. The smallest absolute Gasteiger partial charge is 0.257 e. The van der Waals surface area contributed by atoms with Gasteiger partial charge in [0, 0.05) is 45.1 Å². The van der Waals surface area contributed by atoms with Gasteiger partial charge in [-0.15, -0.1) is 0 Å². The number of aryl methyl sites for hydroxylation is 2. The summed E-state index contributed by atoms with van der Waals surface area (Å²) in [7, 11) is 1.70. The van der Waals surface area contributed by atoms with Crippen LogP contribution >= 0.6 is 0 Å². The predicted octanol–water partition coefficient (Wildman–Crippen LogP) is 2.76. The molecule has 0 aliphatic carbocycles. The summed E-state index contributed by atoms with van der Waals surface area (Å²) in [5.74, 6) is 2.84. The first-order valence-corrected chi connectivity index (χ1v) is 8.46. The number of ether oxygens (including phenoxy) is 1. The lowest BCUT2D eigenvalue weighted by atomic mass is 9.96. The number of piperidine rings is 1. The number of furan rings is 1. The van der Waals surface area contributed by atoms with Gasteiger partial charge in [0.1, 0.15) is 17.3 Å². The van der Waals surface area contributed by atoms with Crippen LogP contribution in [0.5, 0.6) is 0 Å². The third-order valence-corrected chi connectivity index (χ3v) is 4.63. The molecule has 1 aliphatic heterocycles. The summed E-state index contributed by atoms with van der Waals surface area (Å²) < 4.78 is 12.8. The molecule has 24 heavy (non-hydrogen) atoms. The minimum atomic E-state index is 0.0593. The van der Waals surface area contributed by atoms with E-state index in [1.807, 2.05) is 37.2 Å². The lowest BCUT2D eigenvalue weighted by Gasteiger charge is -2.32. The second kappa shape index (κ2) is 7.21. The average molecular weight is 331 g/mol. The van der Waals surface area contributed by atoms with Crippen molar-refractivity contribution in [3.8, 4) is 0 Å². The second-order valence-electron chi connectivity index (χ2n) is 6.39. The van der Waals surface area contributed by atoms with Crippen molar-refractivity contribution in [3.05, 3.63) is 41.4 Å². The Morgan fingerprint density at radius 3 is 3.00 bits per heavy atom. The van der Waals surface area contributed by atoms with E-state index >= 15 is 0 Å². The molecule has 0 bridgehead atoms. The molecule has 0 saturated carbocycles. The first kappa shape index (κ1) is 16.8. The number of carbonyl (C=O) groups excluding carboxylic acids is 1. The van der Waals surface area contributed by atoms with Gasteiger partial charge >= 0.3 is 0 Å². The molecule has 0 aromatic carbocycles. The van der Waals surface area contributed by atoms with Crippen molar-refractivity contribution in [2.45, 2.75) is 39.2 Å². The number of aromatic nitrogens is 2. The van der Waals surface area contributed by atoms with E-state index in [9.17, 15) is 4.79 Å². The van der Waals surface area contributed by atoms with E-state index in [0.717, 1.165) is 37.5 Å². The van der Waals surface area contributed by atoms with Crippen molar-refractivity contribution in [1.29, 1.82) is 0 Å². The molecule has 6 heteroatoms. The number of hydrogen-bond acceptors (Lipinski definition) is 4. The molecule has 0 spiro atoms. The first-order chi connectivity index (χ1) is 11.6. The molecule has 1 saturated heterocycles. The van der Waals surface area contributed by atoms with Crippen LogP contribution in [0.25, 0.3) is 0 Å². The maximum atomic E-state index is 12.8.